The predicted octanol–water partition coefficient (Wildman–Crippen LogP) is 2.82. The smallest absolute Gasteiger partial charge is 0.309 e. The molecule has 0 saturated carbocycles. The molecule has 1 aromatic carbocycles. The molecule has 4 nitrogen and oxygen atoms in total. The average Bonchev–Trinajstić information content (AvgIpc) is 2.34. The highest BCUT2D eigenvalue weighted by molar-refractivity contribution is 5.70. The topological polar surface area (TPSA) is 55.8 Å². The number of hydrogen-bond acceptors (Lipinski definition) is 3. The van der Waals surface area contributed by atoms with Crippen molar-refractivity contribution >= 4 is 5.97 Å². The van der Waals surface area contributed by atoms with Crippen molar-refractivity contribution in [1.29, 1.82) is 0 Å². The number of rotatable bonds is 7. The van der Waals surface area contributed by atoms with Gasteiger partial charge in [-0.2, -0.15) is 0 Å². The Labute approximate surface area is 108 Å². The molecule has 1 unspecified atom stereocenters. The largest absolute Gasteiger partial charge is 0.497 e. The van der Waals surface area contributed by atoms with Crippen LogP contribution in [0.4, 0.5) is 0 Å². The van der Waals surface area contributed by atoms with Crippen molar-refractivity contribution in [2.75, 3.05) is 13.7 Å². The van der Waals surface area contributed by atoms with E-state index in [1.165, 1.54) is 0 Å². The van der Waals surface area contributed by atoms with Crippen LogP contribution in [0.3, 0.4) is 0 Å². The second-order valence-electron chi connectivity index (χ2n) is 4.65. The van der Waals surface area contributed by atoms with E-state index in [0.29, 0.717) is 18.1 Å². The van der Waals surface area contributed by atoms with Gasteiger partial charge >= 0.3 is 5.97 Å². The molecule has 1 atom stereocenters. The zero-order chi connectivity index (χ0) is 13.5. The van der Waals surface area contributed by atoms with Crippen LogP contribution < -0.4 is 9.47 Å². The van der Waals surface area contributed by atoms with Gasteiger partial charge in [-0.05, 0) is 36.6 Å². The van der Waals surface area contributed by atoms with Gasteiger partial charge in [0.2, 0.25) is 0 Å². The van der Waals surface area contributed by atoms with Crippen molar-refractivity contribution < 1.29 is 19.4 Å². The van der Waals surface area contributed by atoms with Gasteiger partial charge < -0.3 is 14.6 Å². The third-order valence-electron chi connectivity index (χ3n) is 2.62. The normalized spacial score (nSPS) is 12.2. The lowest BCUT2D eigenvalue weighted by molar-refractivity contribution is -0.143. The van der Waals surface area contributed by atoms with E-state index in [0.717, 1.165) is 5.75 Å². The summed E-state index contributed by atoms with van der Waals surface area (Å²) in [6, 6.07) is 7.11. The Morgan fingerprint density at radius 2 is 1.78 bits per heavy atom. The van der Waals surface area contributed by atoms with Crippen molar-refractivity contribution in [2.45, 2.75) is 20.3 Å². The van der Waals surface area contributed by atoms with Gasteiger partial charge in [-0.25, -0.2) is 0 Å². The maximum Gasteiger partial charge on any atom is 0.309 e. The number of methoxy groups -OCH3 is 1. The van der Waals surface area contributed by atoms with Crippen molar-refractivity contribution in [3.8, 4) is 11.5 Å². The minimum Gasteiger partial charge on any atom is -0.497 e. The molecule has 0 spiro atoms. The minimum atomic E-state index is -0.808. The molecule has 0 aliphatic heterocycles. The number of aliphatic carboxylic acids is 1. The first-order valence-electron chi connectivity index (χ1n) is 6.02. The highest BCUT2D eigenvalue weighted by Gasteiger charge is 2.19. The highest BCUT2D eigenvalue weighted by Crippen LogP contribution is 2.19. The van der Waals surface area contributed by atoms with Gasteiger partial charge in [0.05, 0.1) is 13.0 Å². The second-order valence-corrected chi connectivity index (χ2v) is 4.65. The van der Waals surface area contributed by atoms with Crippen LogP contribution in [0, 0.1) is 11.8 Å². The molecule has 0 aromatic heterocycles. The maximum atomic E-state index is 11.1. The Balaban J connectivity index is 2.52. The number of carboxylic acid groups (broad SMARTS) is 1. The van der Waals surface area contributed by atoms with Crippen LogP contribution in [0.25, 0.3) is 0 Å². The van der Waals surface area contributed by atoms with Crippen LogP contribution in [0.1, 0.15) is 20.3 Å². The van der Waals surface area contributed by atoms with Crippen molar-refractivity contribution in [3.63, 3.8) is 0 Å². The van der Waals surface area contributed by atoms with Crippen LogP contribution in [0.2, 0.25) is 0 Å². The molecule has 4 heteroatoms. The molecule has 0 saturated heterocycles. The first kappa shape index (κ1) is 14.4. The van der Waals surface area contributed by atoms with Gasteiger partial charge in [-0.15, -0.1) is 0 Å². The molecule has 0 aliphatic rings. The third-order valence-corrected chi connectivity index (χ3v) is 2.62. The predicted molar refractivity (Wildman–Crippen MR) is 69.1 cm³/mol. The fourth-order valence-corrected chi connectivity index (χ4v) is 1.68. The average molecular weight is 252 g/mol. The monoisotopic (exact) mass is 252 g/mol. The summed E-state index contributed by atoms with van der Waals surface area (Å²) < 4.78 is 10.5. The quantitative estimate of drug-likeness (QED) is 0.810. The van der Waals surface area contributed by atoms with E-state index in [-0.39, 0.29) is 6.61 Å². The SMILES string of the molecule is COc1ccc(OCC(CC(C)C)C(=O)O)cc1. The number of carbonyl (C=O) groups is 1. The number of ether oxygens (including phenoxy) is 2. The molecular weight excluding hydrogens is 232 g/mol. The Morgan fingerprint density at radius 3 is 2.22 bits per heavy atom. The molecule has 1 rings (SSSR count). The van der Waals surface area contributed by atoms with E-state index in [4.69, 9.17) is 14.6 Å². The summed E-state index contributed by atoms with van der Waals surface area (Å²) in [7, 11) is 1.60. The lowest BCUT2D eigenvalue weighted by Crippen LogP contribution is -2.23. The van der Waals surface area contributed by atoms with Crippen LogP contribution in [-0.2, 0) is 4.79 Å². The lowest BCUT2D eigenvalue weighted by atomic mass is 9.98. The van der Waals surface area contributed by atoms with Crippen molar-refractivity contribution in [2.24, 2.45) is 11.8 Å². The third kappa shape index (κ3) is 4.65. The summed E-state index contributed by atoms with van der Waals surface area (Å²) in [6.07, 6.45) is 0.617. The van der Waals surface area contributed by atoms with Gasteiger partial charge in [-0.3, -0.25) is 4.79 Å². The molecular formula is C14H20O4. The Kier molecular flexibility index (Phi) is 5.49. The van der Waals surface area contributed by atoms with E-state index < -0.39 is 11.9 Å². The van der Waals surface area contributed by atoms with Gasteiger partial charge in [0.15, 0.2) is 0 Å². The Hall–Kier alpha value is -1.71. The van der Waals surface area contributed by atoms with E-state index in [1.807, 2.05) is 13.8 Å². The number of hydrogen-bond donors (Lipinski definition) is 1. The highest BCUT2D eigenvalue weighted by atomic mass is 16.5. The van der Waals surface area contributed by atoms with Crippen LogP contribution in [0.15, 0.2) is 24.3 Å². The molecule has 1 N–H and O–H groups in total. The van der Waals surface area contributed by atoms with Crippen LogP contribution in [-0.4, -0.2) is 24.8 Å². The molecule has 0 amide bonds. The summed E-state index contributed by atoms with van der Waals surface area (Å²) in [6.45, 7) is 4.20. The van der Waals surface area contributed by atoms with Crippen molar-refractivity contribution in [3.05, 3.63) is 24.3 Å². The van der Waals surface area contributed by atoms with E-state index >= 15 is 0 Å². The zero-order valence-electron chi connectivity index (χ0n) is 11.1. The zero-order valence-corrected chi connectivity index (χ0v) is 11.1. The Morgan fingerprint density at radius 1 is 1.22 bits per heavy atom. The molecule has 0 bridgehead atoms. The first-order chi connectivity index (χ1) is 8.52. The van der Waals surface area contributed by atoms with E-state index in [2.05, 4.69) is 0 Å². The fourth-order valence-electron chi connectivity index (χ4n) is 1.68. The first-order valence-corrected chi connectivity index (χ1v) is 6.02. The molecule has 100 valence electrons. The molecule has 0 heterocycles. The molecule has 1 aromatic rings. The maximum absolute atomic E-state index is 11.1. The fraction of sp³-hybridized carbons (Fsp3) is 0.500. The molecule has 0 radical (unpaired) electrons. The Bertz CT molecular complexity index is 370. The van der Waals surface area contributed by atoms with E-state index in [9.17, 15) is 4.79 Å². The van der Waals surface area contributed by atoms with Gasteiger partial charge in [0.25, 0.3) is 0 Å². The standard InChI is InChI=1S/C14H20O4/c1-10(2)8-11(14(15)16)9-18-13-6-4-12(17-3)5-7-13/h4-7,10-11H,8-9H2,1-3H3,(H,15,16). The van der Waals surface area contributed by atoms with Crippen LogP contribution in [0.5, 0.6) is 11.5 Å². The minimum absolute atomic E-state index is 0.194. The summed E-state index contributed by atoms with van der Waals surface area (Å²) >= 11 is 0. The summed E-state index contributed by atoms with van der Waals surface area (Å²) in [5.41, 5.74) is 0. The number of carboxylic acids is 1. The number of benzene rings is 1. The lowest BCUT2D eigenvalue weighted by Gasteiger charge is -2.15. The summed E-state index contributed by atoms with van der Waals surface area (Å²) in [5, 5.41) is 9.08. The van der Waals surface area contributed by atoms with Gasteiger partial charge in [0, 0.05) is 0 Å². The molecule has 18 heavy (non-hydrogen) atoms. The van der Waals surface area contributed by atoms with Crippen molar-refractivity contribution in [1.82, 2.24) is 0 Å². The van der Waals surface area contributed by atoms with Gasteiger partial charge in [0.1, 0.15) is 18.1 Å². The van der Waals surface area contributed by atoms with Gasteiger partial charge in [-0.1, -0.05) is 13.8 Å². The summed E-state index contributed by atoms with van der Waals surface area (Å²) in [5.74, 6) is 0.472. The second kappa shape index (κ2) is 6.89. The van der Waals surface area contributed by atoms with Crippen LogP contribution >= 0.6 is 0 Å². The molecule has 0 fully saturated rings. The summed E-state index contributed by atoms with van der Waals surface area (Å²) in [4.78, 5) is 11.1. The van der Waals surface area contributed by atoms with E-state index in [1.54, 1.807) is 31.4 Å². The molecule has 0 aliphatic carbocycles.